The van der Waals surface area contributed by atoms with E-state index in [9.17, 15) is 9.67 Å². The molecule has 6 nitrogen and oxygen atoms in total. The molecule has 0 aliphatic carbocycles. The minimum Gasteiger partial charge on any atom is -0.379 e. The number of phosphoric ester groups is 1. The van der Waals surface area contributed by atoms with Crippen LogP contribution in [-0.2, 0) is 14.9 Å². The number of hydrogen-bond donors (Lipinski definition) is 4. The lowest BCUT2D eigenvalue weighted by atomic mass is 10.1. The van der Waals surface area contributed by atoms with Gasteiger partial charge in [-0.3, -0.25) is 0 Å². The molecule has 2 rings (SSSR count). The highest BCUT2D eigenvalue weighted by Crippen LogP contribution is 2.49. The summed E-state index contributed by atoms with van der Waals surface area (Å²) < 4.78 is 15.1. The number of halogens is 1. The van der Waals surface area contributed by atoms with Gasteiger partial charge in [0.2, 0.25) is 5.79 Å². The average molecular weight is 266 g/mol. The highest BCUT2D eigenvalue weighted by molar-refractivity contribution is 7.46. The number of anilines is 1. The summed E-state index contributed by atoms with van der Waals surface area (Å²) in [5, 5.41) is 12.9. The van der Waals surface area contributed by atoms with E-state index in [0.717, 1.165) is 0 Å². The van der Waals surface area contributed by atoms with Crippen LogP contribution in [0.4, 0.5) is 5.69 Å². The van der Waals surface area contributed by atoms with Crippen molar-refractivity contribution in [3.05, 3.63) is 28.8 Å². The van der Waals surface area contributed by atoms with Crippen LogP contribution in [0.5, 0.6) is 0 Å². The molecule has 16 heavy (non-hydrogen) atoms. The van der Waals surface area contributed by atoms with Crippen LogP contribution in [0.2, 0.25) is 5.02 Å². The second kappa shape index (κ2) is 3.70. The monoisotopic (exact) mass is 265 g/mol. The Bertz CT molecular complexity index is 475. The van der Waals surface area contributed by atoms with Gasteiger partial charge in [-0.05, 0) is 12.1 Å². The average Bonchev–Trinajstić information content (AvgIpc) is 2.41. The van der Waals surface area contributed by atoms with Gasteiger partial charge in [-0.2, -0.15) is 0 Å². The smallest absolute Gasteiger partial charge is 0.379 e. The van der Waals surface area contributed by atoms with Gasteiger partial charge < -0.3 is 20.2 Å². The molecular formula is C8H9ClNO5P. The topological polar surface area (TPSA) is 99.0 Å². The summed E-state index contributed by atoms with van der Waals surface area (Å²) in [6, 6.07) is 4.78. The standard InChI is InChI=1S/C8H9ClNO5P/c9-5-2-1-3-6-7(5)8(11,4-10-6)15-16(12,13)14/h1-3,10-11H,4H2,(H2,12,13,14). The molecule has 0 saturated heterocycles. The first kappa shape index (κ1) is 11.9. The molecule has 1 heterocycles. The summed E-state index contributed by atoms with van der Waals surface area (Å²) in [6.45, 7) is -0.169. The van der Waals surface area contributed by atoms with E-state index in [4.69, 9.17) is 21.4 Å². The van der Waals surface area contributed by atoms with Crippen LogP contribution >= 0.6 is 19.4 Å². The lowest BCUT2D eigenvalue weighted by molar-refractivity contribution is -0.140. The van der Waals surface area contributed by atoms with E-state index in [2.05, 4.69) is 9.84 Å². The van der Waals surface area contributed by atoms with Crippen molar-refractivity contribution in [3.63, 3.8) is 0 Å². The Kier molecular flexibility index (Phi) is 2.74. The first-order valence-corrected chi connectivity index (χ1v) is 6.24. The third kappa shape index (κ3) is 2.08. The highest BCUT2D eigenvalue weighted by atomic mass is 35.5. The molecule has 0 aromatic heterocycles. The maximum absolute atomic E-state index is 10.8. The molecule has 8 heteroatoms. The van der Waals surface area contributed by atoms with Crippen molar-refractivity contribution in [2.24, 2.45) is 0 Å². The fourth-order valence-electron chi connectivity index (χ4n) is 1.65. The molecule has 1 aromatic carbocycles. The minimum atomic E-state index is -4.80. The lowest BCUT2D eigenvalue weighted by Gasteiger charge is -2.23. The molecule has 0 saturated carbocycles. The van der Waals surface area contributed by atoms with Gasteiger partial charge in [0.25, 0.3) is 0 Å². The van der Waals surface area contributed by atoms with Gasteiger partial charge in [-0.1, -0.05) is 17.7 Å². The molecule has 1 aliphatic rings. The number of aliphatic hydroxyl groups is 1. The SMILES string of the molecule is O=P(O)(O)OC1(O)CNc2cccc(Cl)c21. The first-order valence-electron chi connectivity index (χ1n) is 4.33. The molecule has 0 amide bonds. The molecule has 1 unspecified atom stereocenters. The second-order valence-electron chi connectivity index (χ2n) is 3.38. The van der Waals surface area contributed by atoms with E-state index in [1.54, 1.807) is 12.1 Å². The summed E-state index contributed by atoms with van der Waals surface area (Å²) in [7, 11) is -4.80. The summed E-state index contributed by atoms with van der Waals surface area (Å²) in [5.41, 5.74) is 0.628. The zero-order chi connectivity index (χ0) is 12.0. The number of nitrogens with one attached hydrogen (secondary N) is 1. The summed E-state index contributed by atoms with van der Waals surface area (Å²) >= 11 is 5.85. The van der Waals surface area contributed by atoms with Crippen LogP contribution in [0.15, 0.2) is 18.2 Å². The van der Waals surface area contributed by atoms with Crippen molar-refractivity contribution in [1.82, 2.24) is 0 Å². The molecule has 0 fully saturated rings. The fraction of sp³-hybridized carbons (Fsp3) is 0.250. The molecule has 88 valence electrons. The predicted octanol–water partition coefficient (Wildman–Crippen LogP) is 1.02. The molecular weight excluding hydrogens is 257 g/mol. The van der Waals surface area contributed by atoms with Crippen molar-refractivity contribution in [1.29, 1.82) is 0 Å². The molecule has 1 aromatic rings. The van der Waals surface area contributed by atoms with Crippen LogP contribution in [0, 0.1) is 0 Å². The van der Waals surface area contributed by atoms with Crippen LogP contribution in [0.25, 0.3) is 0 Å². The summed E-state index contributed by atoms with van der Waals surface area (Å²) in [5.74, 6) is -2.10. The maximum Gasteiger partial charge on any atom is 0.472 e. The van der Waals surface area contributed by atoms with Gasteiger partial charge in [0.1, 0.15) is 0 Å². The van der Waals surface area contributed by atoms with E-state index in [1.807, 2.05) is 0 Å². The Morgan fingerprint density at radius 3 is 2.81 bits per heavy atom. The van der Waals surface area contributed by atoms with Crippen LogP contribution in [0.3, 0.4) is 0 Å². The van der Waals surface area contributed by atoms with Crippen molar-refractivity contribution in [2.45, 2.75) is 5.79 Å². The Hall–Kier alpha value is -0.620. The molecule has 0 spiro atoms. The van der Waals surface area contributed by atoms with E-state index in [0.29, 0.717) is 5.69 Å². The van der Waals surface area contributed by atoms with E-state index in [-0.39, 0.29) is 17.1 Å². The number of β-amino-alcohol motifs (C(OH)–C–C–N with tert-alkyl or cyclic N) is 1. The Balaban J connectivity index is 2.46. The van der Waals surface area contributed by atoms with Gasteiger partial charge >= 0.3 is 7.82 Å². The minimum absolute atomic E-state index is 0.139. The normalized spacial score (nSPS) is 24.0. The van der Waals surface area contributed by atoms with Crippen LogP contribution in [0.1, 0.15) is 5.56 Å². The number of rotatable bonds is 2. The summed E-state index contributed by atoms with van der Waals surface area (Å²) in [6.07, 6.45) is 0. The Morgan fingerprint density at radius 2 is 2.19 bits per heavy atom. The number of hydrogen-bond acceptors (Lipinski definition) is 4. The fourth-order valence-corrected chi connectivity index (χ4v) is 2.52. The van der Waals surface area contributed by atoms with Gasteiger partial charge in [0, 0.05) is 5.69 Å². The molecule has 4 N–H and O–H groups in total. The predicted molar refractivity (Wildman–Crippen MR) is 57.0 cm³/mol. The van der Waals surface area contributed by atoms with Crippen molar-refractivity contribution >= 4 is 25.1 Å². The third-order valence-electron chi connectivity index (χ3n) is 2.19. The van der Waals surface area contributed by atoms with Crippen molar-refractivity contribution < 1.29 is 24.0 Å². The molecule has 1 atom stereocenters. The number of phosphoric acid groups is 1. The Labute approximate surface area is 96.1 Å². The largest absolute Gasteiger partial charge is 0.472 e. The zero-order valence-corrected chi connectivity index (χ0v) is 9.57. The first-order chi connectivity index (χ1) is 7.32. The van der Waals surface area contributed by atoms with Crippen LogP contribution in [-0.4, -0.2) is 21.4 Å². The highest BCUT2D eigenvalue weighted by Gasteiger charge is 2.44. The third-order valence-corrected chi connectivity index (χ3v) is 3.05. The maximum atomic E-state index is 10.8. The van der Waals surface area contributed by atoms with Gasteiger partial charge in [-0.15, -0.1) is 0 Å². The lowest BCUT2D eigenvalue weighted by Crippen LogP contribution is -2.30. The Morgan fingerprint density at radius 1 is 1.50 bits per heavy atom. The van der Waals surface area contributed by atoms with E-state index in [1.165, 1.54) is 6.07 Å². The number of benzene rings is 1. The van der Waals surface area contributed by atoms with Crippen molar-refractivity contribution in [2.75, 3.05) is 11.9 Å². The van der Waals surface area contributed by atoms with Crippen molar-refractivity contribution in [3.8, 4) is 0 Å². The molecule has 0 radical (unpaired) electrons. The van der Waals surface area contributed by atoms with E-state index < -0.39 is 13.6 Å². The van der Waals surface area contributed by atoms with E-state index >= 15 is 0 Å². The quantitative estimate of drug-likeness (QED) is 0.471. The number of fused-ring (bicyclic) bond motifs is 1. The second-order valence-corrected chi connectivity index (χ2v) is 4.95. The molecule has 0 bridgehead atoms. The van der Waals surface area contributed by atoms with Gasteiger partial charge in [0.15, 0.2) is 0 Å². The molecule has 1 aliphatic heterocycles. The van der Waals surface area contributed by atoms with Gasteiger partial charge in [0.05, 0.1) is 17.1 Å². The van der Waals surface area contributed by atoms with Crippen LogP contribution < -0.4 is 5.32 Å². The summed E-state index contributed by atoms with van der Waals surface area (Å²) in [4.78, 5) is 17.4. The van der Waals surface area contributed by atoms with Gasteiger partial charge in [-0.25, -0.2) is 9.09 Å². The zero-order valence-electron chi connectivity index (χ0n) is 7.92.